The standard InChI is InChI=1S/C11H17ClN2O/c1-13-5-6-14-8-9-3-4-10(15-2)7-11(9)12/h3-4,7,13-14H,5-6,8H2,1-2H3. The van der Waals surface area contributed by atoms with E-state index in [1.807, 2.05) is 25.2 Å². The van der Waals surface area contributed by atoms with Gasteiger partial charge in [-0.05, 0) is 24.7 Å². The molecule has 1 rings (SSSR count). The minimum Gasteiger partial charge on any atom is -0.497 e. The van der Waals surface area contributed by atoms with E-state index in [0.717, 1.165) is 36.0 Å². The molecule has 0 amide bonds. The van der Waals surface area contributed by atoms with Crippen molar-refractivity contribution in [1.82, 2.24) is 10.6 Å². The summed E-state index contributed by atoms with van der Waals surface area (Å²) < 4.78 is 5.08. The Bertz CT molecular complexity index is 305. The van der Waals surface area contributed by atoms with Crippen LogP contribution in [0.2, 0.25) is 5.02 Å². The molecule has 0 aromatic heterocycles. The van der Waals surface area contributed by atoms with Gasteiger partial charge in [0, 0.05) is 24.7 Å². The van der Waals surface area contributed by atoms with Crippen molar-refractivity contribution in [3.8, 4) is 5.75 Å². The molecule has 0 saturated heterocycles. The Kier molecular flexibility index (Phi) is 5.47. The molecule has 3 nitrogen and oxygen atoms in total. The van der Waals surface area contributed by atoms with Gasteiger partial charge >= 0.3 is 0 Å². The van der Waals surface area contributed by atoms with Gasteiger partial charge in [0.15, 0.2) is 0 Å². The van der Waals surface area contributed by atoms with E-state index in [1.165, 1.54) is 0 Å². The quantitative estimate of drug-likeness (QED) is 0.727. The van der Waals surface area contributed by atoms with Gasteiger partial charge in [-0.1, -0.05) is 17.7 Å². The van der Waals surface area contributed by atoms with Crippen LogP contribution in [0.4, 0.5) is 0 Å². The van der Waals surface area contributed by atoms with Gasteiger partial charge in [0.1, 0.15) is 5.75 Å². The Labute approximate surface area is 95.8 Å². The zero-order valence-electron chi connectivity index (χ0n) is 9.14. The van der Waals surface area contributed by atoms with E-state index in [0.29, 0.717) is 0 Å². The van der Waals surface area contributed by atoms with E-state index in [2.05, 4.69) is 10.6 Å². The first-order valence-corrected chi connectivity index (χ1v) is 5.33. The molecule has 0 unspecified atom stereocenters. The number of rotatable bonds is 6. The molecule has 4 heteroatoms. The van der Waals surface area contributed by atoms with Crippen LogP contribution < -0.4 is 15.4 Å². The first-order chi connectivity index (χ1) is 7.27. The molecule has 0 radical (unpaired) electrons. The Morgan fingerprint density at radius 2 is 2.13 bits per heavy atom. The smallest absolute Gasteiger partial charge is 0.120 e. The SMILES string of the molecule is CNCCNCc1ccc(OC)cc1Cl. The van der Waals surface area contributed by atoms with Crippen molar-refractivity contribution in [1.29, 1.82) is 0 Å². The summed E-state index contributed by atoms with van der Waals surface area (Å²) >= 11 is 6.09. The Morgan fingerprint density at radius 3 is 2.73 bits per heavy atom. The van der Waals surface area contributed by atoms with Gasteiger partial charge in [-0.15, -0.1) is 0 Å². The topological polar surface area (TPSA) is 33.3 Å². The Hall–Kier alpha value is -0.770. The molecule has 0 aliphatic heterocycles. The zero-order valence-corrected chi connectivity index (χ0v) is 9.90. The summed E-state index contributed by atoms with van der Waals surface area (Å²) in [5.41, 5.74) is 1.09. The summed E-state index contributed by atoms with van der Waals surface area (Å²) in [6.45, 7) is 2.66. The normalized spacial score (nSPS) is 10.3. The number of ether oxygens (including phenoxy) is 1. The third-order valence-corrected chi connectivity index (χ3v) is 2.48. The number of hydrogen-bond acceptors (Lipinski definition) is 3. The predicted octanol–water partition coefficient (Wildman–Crippen LogP) is 1.66. The second kappa shape index (κ2) is 6.67. The summed E-state index contributed by atoms with van der Waals surface area (Å²) in [5, 5.41) is 7.11. The van der Waals surface area contributed by atoms with Crippen LogP contribution >= 0.6 is 11.6 Å². The second-order valence-corrected chi connectivity index (χ2v) is 3.64. The van der Waals surface area contributed by atoms with Crippen LogP contribution in [0, 0.1) is 0 Å². The predicted molar refractivity (Wildman–Crippen MR) is 63.6 cm³/mol. The lowest BCUT2D eigenvalue weighted by molar-refractivity contribution is 0.414. The molecule has 0 aliphatic rings. The molecule has 0 atom stereocenters. The summed E-state index contributed by atoms with van der Waals surface area (Å²) in [5.74, 6) is 0.791. The minimum absolute atomic E-state index is 0.742. The number of methoxy groups -OCH3 is 1. The summed E-state index contributed by atoms with van der Waals surface area (Å²) in [6.07, 6.45) is 0. The molecule has 0 spiro atoms. The number of halogens is 1. The Balaban J connectivity index is 2.47. The first kappa shape index (κ1) is 12.3. The van der Waals surface area contributed by atoms with Gasteiger partial charge in [-0.3, -0.25) is 0 Å². The van der Waals surface area contributed by atoms with Crippen molar-refractivity contribution < 1.29 is 4.74 Å². The number of likely N-dealkylation sites (N-methyl/N-ethyl adjacent to an activating group) is 1. The van der Waals surface area contributed by atoms with Crippen LogP contribution in [-0.2, 0) is 6.54 Å². The summed E-state index contributed by atoms with van der Waals surface area (Å²) in [7, 11) is 3.57. The molecular formula is C11H17ClN2O. The maximum absolute atomic E-state index is 6.09. The van der Waals surface area contributed by atoms with Crippen molar-refractivity contribution in [3.05, 3.63) is 28.8 Å². The fourth-order valence-corrected chi connectivity index (χ4v) is 1.47. The van der Waals surface area contributed by atoms with Gasteiger partial charge in [0.05, 0.1) is 7.11 Å². The molecule has 84 valence electrons. The third kappa shape index (κ3) is 4.08. The lowest BCUT2D eigenvalue weighted by atomic mass is 10.2. The van der Waals surface area contributed by atoms with Crippen molar-refractivity contribution in [3.63, 3.8) is 0 Å². The monoisotopic (exact) mass is 228 g/mol. The largest absolute Gasteiger partial charge is 0.497 e. The van der Waals surface area contributed by atoms with Crippen LogP contribution in [0.1, 0.15) is 5.56 Å². The maximum Gasteiger partial charge on any atom is 0.120 e. The van der Waals surface area contributed by atoms with Crippen molar-refractivity contribution in [2.75, 3.05) is 27.2 Å². The molecule has 0 aliphatic carbocycles. The third-order valence-electron chi connectivity index (χ3n) is 2.13. The molecule has 1 aromatic carbocycles. The van der Waals surface area contributed by atoms with Gasteiger partial charge in [-0.25, -0.2) is 0 Å². The van der Waals surface area contributed by atoms with E-state index >= 15 is 0 Å². The highest BCUT2D eigenvalue weighted by atomic mass is 35.5. The molecule has 15 heavy (non-hydrogen) atoms. The molecule has 0 heterocycles. The minimum atomic E-state index is 0.742. The summed E-state index contributed by atoms with van der Waals surface area (Å²) in [4.78, 5) is 0. The molecule has 2 N–H and O–H groups in total. The maximum atomic E-state index is 6.09. The average Bonchev–Trinajstić information content (AvgIpc) is 2.26. The summed E-state index contributed by atoms with van der Waals surface area (Å²) in [6, 6.07) is 5.73. The molecular weight excluding hydrogens is 212 g/mol. The van der Waals surface area contributed by atoms with Gasteiger partial charge in [0.2, 0.25) is 0 Å². The van der Waals surface area contributed by atoms with E-state index in [-0.39, 0.29) is 0 Å². The number of nitrogens with one attached hydrogen (secondary N) is 2. The number of benzene rings is 1. The van der Waals surface area contributed by atoms with Crippen LogP contribution in [0.25, 0.3) is 0 Å². The highest BCUT2D eigenvalue weighted by molar-refractivity contribution is 6.31. The van der Waals surface area contributed by atoms with Crippen LogP contribution in [0.15, 0.2) is 18.2 Å². The van der Waals surface area contributed by atoms with Crippen molar-refractivity contribution >= 4 is 11.6 Å². The van der Waals surface area contributed by atoms with E-state index in [9.17, 15) is 0 Å². The van der Waals surface area contributed by atoms with Crippen LogP contribution in [0.3, 0.4) is 0 Å². The molecule has 1 aromatic rings. The zero-order chi connectivity index (χ0) is 11.1. The Morgan fingerprint density at radius 1 is 1.33 bits per heavy atom. The molecule has 0 bridgehead atoms. The lowest BCUT2D eigenvalue weighted by Gasteiger charge is -2.07. The van der Waals surface area contributed by atoms with Gasteiger partial charge in [0.25, 0.3) is 0 Å². The second-order valence-electron chi connectivity index (χ2n) is 3.24. The van der Waals surface area contributed by atoms with Gasteiger partial charge < -0.3 is 15.4 Å². The van der Waals surface area contributed by atoms with Crippen molar-refractivity contribution in [2.24, 2.45) is 0 Å². The fraction of sp³-hybridized carbons (Fsp3) is 0.455. The van der Waals surface area contributed by atoms with Gasteiger partial charge in [-0.2, -0.15) is 0 Å². The van der Waals surface area contributed by atoms with Crippen LogP contribution in [0.5, 0.6) is 5.75 Å². The molecule has 0 saturated carbocycles. The average molecular weight is 229 g/mol. The molecule has 0 fully saturated rings. The van der Waals surface area contributed by atoms with Crippen LogP contribution in [-0.4, -0.2) is 27.2 Å². The highest BCUT2D eigenvalue weighted by Crippen LogP contribution is 2.21. The highest BCUT2D eigenvalue weighted by Gasteiger charge is 2.01. The van der Waals surface area contributed by atoms with E-state index in [4.69, 9.17) is 16.3 Å². The van der Waals surface area contributed by atoms with E-state index in [1.54, 1.807) is 7.11 Å². The fourth-order valence-electron chi connectivity index (χ4n) is 1.23. The number of hydrogen-bond donors (Lipinski definition) is 2. The first-order valence-electron chi connectivity index (χ1n) is 4.95. The van der Waals surface area contributed by atoms with E-state index < -0.39 is 0 Å². The lowest BCUT2D eigenvalue weighted by Crippen LogP contribution is -2.24. The van der Waals surface area contributed by atoms with Crippen molar-refractivity contribution in [2.45, 2.75) is 6.54 Å².